The van der Waals surface area contributed by atoms with Crippen molar-refractivity contribution in [1.82, 2.24) is 5.32 Å². The molecule has 0 aliphatic rings. The van der Waals surface area contributed by atoms with Crippen LogP contribution in [0.5, 0.6) is 5.75 Å². The van der Waals surface area contributed by atoms with Crippen LogP contribution in [0, 0.1) is 0 Å². The number of benzene rings is 1. The monoisotopic (exact) mass is 345 g/mol. The van der Waals surface area contributed by atoms with Crippen LogP contribution in [-0.2, 0) is 0 Å². The SMILES string of the molecule is CNC(c1ccc(Br)s1)c1ccc(OC)cc1Cl. The van der Waals surface area contributed by atoms with E-state index < -0.39 is 0 Å². The molecule has 0 fully saturated rings. The van der Waals surface area contributed by atoms with Crippen LogP contribution in [0.15, 0.2) is 34.1 Å². The number of hydrogen-bond acceptors (Lipinski definition) is 3. The fraction of sp³-hybridized carbons (Fsp3) is 0.231. The molecular formula is C13H13BrClNOS. The lowest BCUT2D eigenvalue weighted by Crippen LogP contribution is -2.16. The Morgan fingerprint density at radius 1 is 1.33 bits per heavy atom. The van der Waals surface area contributed by atoms with E-state index in [1.54, 1.807) is 18.4 Å². The van der Waals surface area contributed by atoms with E-state index in [0.717, 1.165) is 15.1 Å². The van der Waals surface area contributed by atoms with Crippen LogP contribution in [0.4, 0.5) is 0 Å². The van der Waals surface area contributed by atoms with Gasteiger partial charge >= 0.3 is 0 Å². The number of methoxy groups -OCH3 is 1. The molecular weight excluding hydrogens is 334 g/mol. The molecule has 18 heavy (non-hydrogen) atoms. The first-order chi connectivity index (χ1) is 8.65. The molecule has 96 valence electrons. The summed E-state index contributed by atoms with van der Waals surface area (Å²) in [6.45, 7) is 0. The van der Waals surface area contributed by atoms with Crippen LogP contribution >= 0.6 is 38.9 Å². The maximum absolute atomic E-state index is 6.31. The zero-order chi connectivity index (χ0) is 13.1. The van der Waals surface area contributed by atoms with Crippen molar-refractivity contribution >= 4 is 38.9 Å². The minimum absolute atomic E-state index is 0.0970. The van der Waals surface area contributed by atoms with E-state index in [1.807, 2.05) is 31.3 Å². The maximum atomic E-state index is 6.31. The lowest BCUT2D eigenvalue weighted by Gasteiger charge is -2.17. The van der Waals surface area contributed by atoms with Crippen molar-refractivity contribution in [2.75, 3.05) is 14.2 Å². The number of halogens is 2. The number of thiophene rings is 1. The molecule has 0 aliphatic heterocycles. The van der Waals surface area contributed by atoms with Gasteiger partial charge in [0.1, 0.15) is 5.75 Å². The van der Waals surface area contributed by atoms with Gasteiger partial charge in [0.05, 0.1) is 16.9 Å². The van der Waals surface area contributed by atoms with Gasteiger partial charge in [-0.1, -0.05) is 17.7 Å². The molecule has 5 heteroatoms. The Balaban J connectivity index is 2.39. The van der Waals surface area contributed by atoms with Crippen molar-refractivity contribution in [2.45, 2.75) is 6.04 Å². The molecule has 0 saturated carbocycles. The lowest BCUT2D eigenvalue weighted by molar-refractivity contribution is 0.414. The first-order valence-electron chi connectivity index (χ1n) is 5.41. The summed E-state index contributed by atoms with van der Waals surface area (Å²) in [4.78, 5) is 1.22. The molecule has 1 aromatic carbocycles. The van der Waals surface area contributed by atoms with Crippen molar-refractivity contribution in [1.29, 1.82) is 0 Å². The Labute approximate surface area is 124 Å². The van der Waals surface area contributed by atoms with Crippen LogP contribution in [0.1, 0.15) is 16.5 Å². The van der Waals surface area contributed by atoms with Gasteiger partial charge in [-0.15, -0.1) is 11.3 Å². The summed E-state index contributed by atoms with van der Waals surface area (Å²) in [7, 11) is 3.57. The molecule has 0 radical (unpaired) electrons. The highest BCUT2D eigenvalue weighted by Crippen LogP contribution is 2.35. The van der Waals surface area contributed by atoms with Crippen molar-refractivity contribution in [3.63, 3.8) is 0 Å². The summed E-state index contributed by atoms with van der Waals surface area (Å²) >= 11 is 11.5. The van der Waals surface area contributed by atoms with Crippen LogP contribution in [0.3, 0.4) is 0 Å². The molecule has 1 heterocycles. The molecule has 0 bridgehead atoms. The average molecular weight is 347 g/mol. The molecule has 0 spiro atoms. The molecule has 1 aromatic heterocycles. The van der Waals surface area contributed by atoms with Crippen LogP contribution < -0.4 is 10.1 Å². The smallest absolute Gasteiger partial charge is 0.120 e. The Bertz CT molecular complexity index is 544. The first kappa shape index (κ1) is 13.9. The highest BCUT2D eigenvalue weighted by molar-refractivity contribution is 9.11. The van der Waals surface area contributed by atoms with Gasteiger partial charge < -0.3 is 10.1 Å². The molecule has 0 aliphatic carbocycles. The van der Waals surface area contributed by atoms with Gasteiger partial charge in [-0.3, -0.25) is 0 Å². The number of nitrogens with one attached hydrogen (secondary N) is 1. The topological polar surface area (TPSA) is 21.3 Å². The zero-order valence-corrected chi connectivity index (χ0v) is 13.2. The second kappa shape index (κ2) is 6.06. The third-order valence-electron chi connectivity index (χ3n) is 2.69. The summed E-state index contributed by atoms with van der Waals surface area (Å²) in [6, 6.07) is 9.99. The Morgan fingerprint density at radius 3 is 2.61 bits per heavy atom. The van der Waals surface area contributed by atoms with E-state index >= 15 is 0 Å². The second-order valence-corrected chi connectivity index (χ2v) is 6.65. The lowest BCUT2D eigenvalue weighted by atomic mass is 10.1. The van der Waals surface area contributed by atoms with Gasteiger partial charge in [-0.2, -0.15) is 0 Å². The molecule has 0 amide bonds. The fourth-order valence-corrected chi connectivity index (χ4v) is 3.64. The van der Waals surface area contributed by atoms with E-state index in [2.05, 4.69) is 27.3 Å². The van der Waals surface area contributed by atoms with Crippen molar-refractivity contribution in [2.24, 2.45) is 0 Å². The molecule has 2 nitrogen and oxygen atoms in total. The van der Waals surface area contributed by atoms with E-state index in [4.69, 9.17) is 16.3 Å². The van der Waals surface area contributed by atoms with Gasteiger partial charge in [0.25, 0.3) is 0 Å². The standard InChI is InChI=1S/C13H13BrClNOS/c1-16-13(11-5-6-12(14)18-11)9-4-3-8(17-2)7-10(9)15/h3-7,13,16H,1-2H3. The van der Waals surface area contributed by atoms with Gasteiger partial charge in [0.15, 0.2) is 0 Å². The van der Waals surface area contributed by atoms with E-state index in [-0.39, 0.29) is 6.04 Å². The molecule has 1 atom stereocenters. The van der Waals surface area contributed by atoms with E-state index in [9.17, 15) is 0 Å². The Morgan fingerprint density at radius 2 is 2.11 bits per heavy atom. The minimum Gasteiger partial charge on any atom is -0.497 e. The minimum atomic E-state index is 0.0970. The number of ether oxygens (including phenoxy) is 1. The first-order valence-corrected chi connectivity index (χ1v) is 7.40. The van der Waals surface area contributed by atoms with Crippen molar-refractivity contribution < 1.29 is 4.74 Å². The molecule has 1 unspecified atom stereocenters. The number of hydrogen-bond donors (Lipinski definition) is 1. The maximum Gasteiger partial charge on any atom is 0.120 e. The van der Waals surface area contributed by atoms with Crippen LogP contribution in [0.25, 0.3) is 0 Å². The van der Waals surface area contributed by atoms with Crippen molar-refractivity contribution in [3.05, 3.63) is 49.6 Å². The third-order valence-corrected chi connectivity index (χ3v) is 4.70. The summed E-state index contributed by atoms with van der Waals surface area (Å²) in [5.41, 5.74) is 1.05. The fourth-order valence-electron chi connectivity index (χ4n) is 1.80. The summed E-state index contributed by atoms with van der Waals surface area (Å²) in [5, 5.41) is 4.00. The van der Waals surface area contributed by atoms with Gasteiger partial charge in [-0.25, -0.2) is 0 Å². The molecule has 2 aromatic rings. The van der Waals surface area contributed by atoms with Gasteiger partial charge in [0.2, 0.25) is 0 Å². The summed E-state index contributed by atoms with van der Waals surface area (Å²) < 4.78 is 6.28. The van der Waals surface area contributed by atoms with Crippen LogP contribution in [0.2, 0.25) is 5.02 Å². The largest absolute Gasteiger partial charge is 0.497 e. The summed E-state index contributed by atoms with van der Waals surface area (Å²) in [6.07, 6.45) is 0. The van der Waals surface area contributed by atoms with Gasteiger partial charge in [0, 0.05) is 9.90 Å². The third kappa shape index (κ3) is 2.88. The predicted molar refractivity (Wildman–Crippen MR) is 80.9 cm³/mol. The van der Waals surface area contributed by atoms with Crippen LogP contribution in [-0.4, -0.2) is 14.2 Å². The normalized spacial score (nSPS) is 12.4. The molecule has 0 saturated heterocycles. The summed E-state index contributed by atoms with van der Waals surface area (Å²) in [5.74, 6) is 0.769. The molecule has 2 rings (SSSR count). The Hall–Kier alpha value is -0.550. The van der Waals surface area contributed by atoms with E-state index in [0.29, 0.717) is 5.02 Å². The van der Waals surface area contributed by atoms with E-state index in [1.165, 1.54) is 4.88 Å². The predicted octanol–water partition coefficient (Wildman–Crippen LogP) is 4.48. The highest BCUT2D eigenvalue weighted by atomic mass is 79.9. The second-order valence-electron chi connectivity index (χ2n) is 3.75. The number of rotatable bonds is 4. The quantitative estimate of drug-likeness (QED) is 0.881. The van der Waals surface area contributed by atoms with Gasteiger partial charge in [-0.05, 0) is 52.8 Å². The average Bonchev–Trinajstić information content (AvgIpc) is 2.78. The van der Waals surface area contributed by atoms with Crippen molar-refractivity contribution in [3.8, 4) is 5.75 Å². The zero-order valence-electron chi connectivity index (χ0n) is 10.0. The Kier molecular flexibility index (Phi) is 4.67. The highest BCUT2D eigenvalue weighted by Gasteiger charge is 2.17. The molecule has 1 N–H and O–H groups in total.